The minimum absolute atomic E-state index is 0.0365. The molecule has 2 aliphatic rings. The van der Waals surface area contributed by atoms with Crippen LogP contribution in [0.3, 0.4) is 0 Å². The molecule has 216 valence electrons. The van der Waals surface area contributed by atoms with Crippen molar-refractivity contribution in [1.29, 1.82) is 0 Å². The summed E-state index contributed by atoms with van der Waals surface area (Å²) in [5, 5.41) is 3.07. The van der Waals surface area contributed by atoms with Crippen LogP contribution in [0.2, 0.25) is 0 Å². The fraction of sp³-hybridized carbons (Fsp3) is 0.438. The smallest absolute Gasteiger partial charge is 0.243 e. The second-order valence-electron chi connectivity index (χ2n) is 10.7. The van der Waals surface area contributed by atoms with Crippen molar-refractivity contribution < 1.29 is 23.9 Å². The van der Waals surface area contributed by atoms with E-state index in [0.717, 1.165) is 40.8 Å². The lowest BCUT2D eigenvalue weighted by Crippen LogP contribution is -2.53. The Morgan fingerprint density at radius 2 is 1.78 bits per heavy atom. The normalized spacial score (nSPS) is 17.0. The molecule has 0 unspecified atom stereocenters. The molecule has 2 aliphatic heterocycles. The highest BCUT2D eigenvalue weighted by molar-refractivity contribution is 6.04. The third-order valence-electron chi connectivity index (χ3n) is 7.60. The number of anilines is 1. The number of para-hydroxylation sites is 1. The molecule has 4 amide bonds. The Balaban J connectivity index is 1.37. The minimum atomic E-state index is -0.635. The summed E-state index contributed by atoms with van der Waals surface area (Å²) in [5.41, 5.74) is 15.4. The van der Waals surface area contributed by atoms with Crippen LogP contribution < -0.4 is 21.7 Å². The average Bonchev–Trinajstić information content (AvgIpc) is 3.26. The van der Waals surface area contributed by atoms with E-state index in [1.54, 1.807) is 4.90 Å². The number of carbonyl (C=O) groups is 4. The first-order valence-electron chi connectivity index (χ1n) is 14.2. The van der Waals surface area contributed by atoms with Crippen LogP contribution in [0.4, 0.5) is 5.69 Å². The zero-order valence-corrected chi connectivity index (χ0v) is 23.5. The number of rotatable bonds is 12. The van der Waals surface area contributed by atoms with Crippen LogP contribution in [0, 0.1) is 11.8 Å². The summed E-state index contributed by atoms with van der Waals surface area (Å²) in [7, 11) is 0. The SMILES string of the molecule is C[C@@H](OCc1ccc(C#CCCCC(N)=O)cc1)[C@H](CCC(N)=O)NC(=O)[C@@H]1Cc2cccc3c2N1C(=O)CCC3. The summed E-state index contributed by atoms with van der Waals surface area (Å²) < 4.78 is 6.12. The van der Waals surface area contributed by atoms with E-state index >= 15 is 0 Å². The van der Waals surface area contributed by atoms with Gasteiger partial charge in [0.2, 0.25) is 23.6 Å². The number of nitrogens with zero attached hydrogens (tertiary/aromatic N) is 1. The molecule has 0 aromatic heterocycles. The Bertz CT molecular complexity index is 1340. The molecule has 0 saturated carbocycles. The van der Waals surface area contributed by atoms with E-state index < -0.39 is 24.1 Å². The predicted octanol–water partition coefficient (Wildman–Crippen LogP) is 2.64. The van der Waals surface area contributed by atoms with Crippen molar-refractivity contribution in [3.8, 4) is 11.8 Å². The van der Waals surface area contributed by atoms with Crippen LogP contribution in [0.25, 0.3) is 0 Å². The zero-order valence-electron chi connectivity index (χ0n) is 23.5. The van der Waals surface area contributed by atoms with Gasteiger partial charge < -0.3 is 21.5 Å². The molecular formula is C32H38N4O5. The summed E-state index contributed by atoms with van der Waals surface area (Å²) in [6.45, 7) is 2.16. The van der Waals surface area contributed by atoms with Gasteiger partial charge in [-0.25, -0.2) is 0 Å². The summed E-state index contributed by atoms with van der Waals surface area (Å²) >= 11 is 0. The molecule has 0 radical (unpaired) electrons. The maximum absolute atomic E-state index is 13.6. The number of aryl methyl sites for hydroxylation is 1. The lowest BCUT2D eigenvalue weighted by Gasteiger charge is -2.29. The molecule has 9 heteroatoms. The maximum Gasteiger partial charge on any atom is 0.243 e. The molecule has 0 saturated heterocycles. The van der Waals surface area contributed by atoms with Gasteiger partial charge in [-0.2, -0.15) is 0 Å². The van der Waals surface area contributed by atoms with Crippen molar-refractivity contribution in [2.75, 3.05) is 4.90 Å². The van der Waals surface area contributed by atoms with Gasteiger partial charge in [-0.1, -0.05) is 42.2 Å². The number of unbranched alkanes of at least 4 members (excludes halogenated alkanes) is 1. The number of primary amides is 2. The van der Waals surface area contributed by atoms with E-state index in [0.29, 0.717) is 45.1 Å². The van der Waals surface area contributed by atoms with E-state index in [1.165, 1.54) is 0 Å². The van der Waals surface area contributed by atoms with Gasteiger partial charge in [0.15, 0.2) is 0 Å². The van der Waals surface area contributed by atoms with Crippen molar-refractivity contribution in [1.82, 2.24) is 5.32 Å². The number of benzene rings is 2. The molecule has 4 rings (SSSR count). The van der Waals surface area contributed by atoms with Crippen molar-refractivity contribution in [3.05, 3.63) is 64.7 Å². The van der Waals surface area contributed by atoms with Gasteiger partial charge in [0.25, 0.3) is 0 Å². The topological polar surface area (TPSA) is 145 Å². The second kappa shape index (κ2) is 14.0. The van der Waals surface area contributed by atoms with Crippen LogP contribution in [0.15, 0.2) is 42.5 Å². The molecule has 9 nitrogen and oxygen atoms in total. The van der Waals surface area contributed by atoms with Gasteiger partial charge in [-0.15, -0.1) is 0 Å². The first-order chi connectivity index (χ1) is 19.7. The molecule has 0 fully saturated rings. The predicted molar refractivity (Wildman–Crippen MR) is 155 cm³/mol. The highest BCUT2D eigenvalue weighted by Crippen LogP contribution is 2.39. The molecule has 2 aromatic carbocycles. The van der Waals surface area contributed by atoms with Crippen LogP contribution in [0.1, 0.15) is 74.1 Å². The lowest BCUT2D eigenvalue weighted by molar-refractivity contribution is -0.128. The molecular weight excluding hydrogens is 520 g/mol. The number of hydrogen-bond acceptors (Lipinski definition) is 5. The van der Waals surface area contributed by atoms with Gasteiger partial charge in [-0.05, 0) is 61.4 Å². The summed E-state index contributed by atoms with van der Waals surface area (Å²) in [4.78, 5) is 50.7. The fourth-order valence-corrected chi connectivity index (χ4v) is 5.38. The van der Waals surface area contributed by atoms with Gasteiger partial charge in [0.1, 0.15) is 6.04 Å². The Labute approximate surface area is 241 Å². The highest BCUT2D eigenvalue weighted by atomic mass is 16.5. The van der Waals surface area contributed by atoms with E-state index in [-0.39, 0.29) is 24.1 Å². The minimum Gasteiger partial charge on any atom is -0.372 e. The molecule has 5 N–H and O–H groups in total. The third-order valence-corrected chi connectivity index (χ3v) is 7.60. The van der Waals surface area contributed by atoms with E-state index in [9.17, 15) is 19.2 Å². The van der Waals surface area contributed by atoms with Crippen molar-refractivity contribution in [3.63, 3.8) is 0 Å². The third kappa shape index (κ3) is 7.95. The molecule has 2 heterocycles. The Morgan fingerprint density at radius 1 is 1.05 bits per heavy atom. The Morgan fingerprint density at radius 3 is 2.51 bits per heavy atom. The zero-order chi connectivity index (χ0) is 29.4. The molecule has 0 aliphatic carbocycles. The molecule has 0 bridgehead atoms. The summed E-state index contributed by atoms with van der Waals surface area (Å²) in [6, 6.07) is 12.6. The number of ether oxygens (including phenoxy) is 1. The maximum atomic E-state index is 13.6. The monoisotopic (exact) mass is 558 g/mol. The van der Waals surface area contributed by atoms with Gasteiger partial charge in [-0.3, -0.25) is 24.1 Å². The molecule has 41 heavy (non-hydrogen) atoms. The Hall–Kier alpha value is -4.16. The number of nitrogens with two attached hydrogens (primary N) is 2. The van der Waals surface area contributed by atoms with E-state index in [1.807, 2.05) is 49.4 Å². The first-order valence-corrected chi connectivity index (χ1v) is 14.2. The molecule has 2 aromatic rings. The molecule has 0 spiro atoms. The largest absolute Gasteiger partial charge is 0.372 e. The fourth-order valence-electron chi connectivity index (χ4n) is 5.38. The van der Waals surface area contributed by atoms with Crippen LogP contribution in [-0.2, 0) is 43.4 Å². The quantitative estimate of drug-likeness (QED) is 0.271. The second-order valence-corrected chi connectivity index (χ2v) is 10.7. The van der Waals surface area contributed by atoms with Crippen LogP contribution >= 0.6 is 0 Å². The van der Waals surface area contributed by atoms with Crippen LogP contribution in [0.5, 0.6) is 0 Å². The van der Waals surface area contributed by atoms with Crippen molar-refractivity contribution >= 4 is 29.3 Å². The van der Waals surface area contributed by atoms with E-state index in [4.69, 9.17) is 16.2 Å². The Kier molecular flexibility index (Phi) is 10.1. The lowest BCUT2D eigenvalue weighted by atomic mass is 10.0. The van der Waals surface area contributed by atoms with Gasteiger partial charge >= 0.3 is 0 Å². The number of carbonyl (C=O) groups excluding carboxylic acids is 4. The van der Waals surface area contributed by atoms with Crippen LogP contribution in [-0.4, -0.2) is 41.8 Å². The van der Waals surface area contributed by atoms with E-state index in [2.05, 4.69) is 17.2 Å². The van der Waals surface area contributed by atoms with Gasteiger partial charge in [0.05, 0.1) is 24.4 Å². The number of hydrogen-bond donors (Lipinski definition) is 3. The standard InChI is InChI=1S/C32H38N4O5/c1-21(41-20-23-15-13-22(14-16-23)7-3-2-4-11-28(33)37)26(17-18-29(34)38)35-32(40)27-19-25-10-5-8-24-9-6-12-30(39)36(27)31(24)25/h5,8,10,13-16,21,26-27H,2,4,6,9,11-12,17-20H2,1H3,(H2,33,37)(H2,34,38)(H,35,40)/t21-,26+,27+/m1/s1. The van der Waals surface area contributed by atoms with Gasteiger partial charge in [0, 0.05) is 37.7 Å². The molecule has 3 atom stereocenters. The number of nitrogens with one attached hydrogen (secondary N) is 1. The van der Waals surface area contributed by atoms with Crippen molar-refractivity contribution in [2.24, 2.45) is 11.5 Å². The highest BCUT2D eigenvalue weighted by Gasteiger charge is 2.41. The number of amides is 4. The first kappa shape index (κ1) is 29.8. The summed E-state index contributed by atoms with van der Waals surface area (Å²) in [5.74, 6) is 5.04. The average molecular weight is 559 g/mol. The summed E-state index contributed by atoms with van der Waals surface area (Å²) in [6.07, 6.45) is 4.02. The van der Waals surface area contributed by atoms with Crippen molar-refractivity contribution in [2.45, 2.75) is 89.5 Å².